The molecule has 2 heterocycles. The third-order valence-electron chi connectivity index (χ3n) is 7.44. The van der Waals surface area contributed by atoms with Gasteiger partial charge in [0.1, 0.15) is 11.8 Å². The van der Waals surface area contributed by atoms with E-state index in [1.54, 1.807) is 0 Å². The van der Waals surface area contributed by atoms with E-state index < -0.39 is 45.3 Å². The molecule has 1 saturated carbocycles. The highest BCUT2D eigenvalue weighted by atomic mass is 16.6. The summed E-state index contributed by atoms with van der Waals surface area (Å²) in [7, 11) is 0. The zero-order valence-electron chi connectivity index (χ0n) is 21.1. The molecule has 13 nitrogen and oxygen atoms in total. The molecule has 38 heavy (non-hydrogen) atoms. The van der Waals surface area contributed by atoms with Gasteiger partial charge in [0.05, 0.1) is 46.1 Å². The number of hydrogen-bond acceptors (Lipinski definition) is 9. The van der Waals surface area contributed by atoms with Crippen molar-refractivity contribution in [2.75, 3.05) is 6.61 Å². The fraction of sp³-hybridized carbons (Fsp3) is 0.600. The Morgan fingerprint density at radius 2 is 1.95 bits per heavy atom. The molecule has 1 saturated heterocycles. The predicted molar refractivity (Wildman–Crippen MR) is 137 cm³/mol. The Morgan fingerprint density at radius 1 is 1.18 bits per heavy atom. The predicted octanol–water partition coefficient (Wildman–Crippen LogP) is 2.55. The molecule has 2 aromatic rings. The van der Waals surface area contributed by atoms with Crippen molar-refractivity contribution in [3.8, 4) is 5.69 Å². The van der Waals surface area contributed by atoms with E-state index in [1.807, 2.05) is 0 Å². The molecular weight excluding hydrogens is 496 g/mol. The summed E-state index contributed by atoms with van der Waals surface area (Å²) in [4.78, 5) is 38.4. The second-order valence-corrected chi connectivity index (χ2v) is 10.2. The van der Waals surface area contributed by atoms with Gasteiger partial charge in [-0.15, -0.1) is 0 Å². The first kappa shape index (κ1) is 27.6. The maximum Gasteiger partial charge on any atom is 0.300 e. The summed E-state index contributed by atoms with van der Waals surface area (Å²) in [6.45, 7) is 0.598. The number of benzene rings is 1. The molecule has 4 rings (SSSR count). The summed E-state index contributed by atoms with van der Waals surface area (Å²) in [6, 6.07) is 1.90. The fourth-order valence-electron chi connectivity index (χ4n) is 5.40. The normalized spacial score (nSPS) is 20.5. The van der Waals surface area contributed by atoms with Crippen LogP contribution in [0.25, 0.3) is 5.69 Å². The maximum atomic E-state index is 13.1. The number of aliphatic hydroxyl groups excluding tert-OH is 1. The summed E-state index contributed by atoms with van der Waals surface area (Å²) in [5.41, 5.74) is 5.89. The fourth-order valence-corrected chi connectivity index (χ4v) is 5.40. The first-order valence-electron chi connectivity index (χ1n) is 13.0. The third kappa shape index (κ3) is 6.71. The van der Waals surface area contributed by atoms with Crippen molar-refractivity contribution in [1.29, 1.82) is 0 Å². The molecule has 1 aromatic heterocycles. The molecular formula is C25H34N6O7. The van der Waals surface area contributed by atoms with Gasteiger partial charge in [-0.25, -0.2) is 4.98 Å². The van der Waals surface area contributed by atoms with Gasteiger partial charge in [0.2, 0.25) is 5.91 Å². The molecule has 206 valence electrons. The quantitative estimate of drug-likeness (QED) is 0.289. The molecule has 0 spiro atoms. The van der Waals surface area contributed by atoms with Crippen LogP contribution in [0.4, 0.5) is 11.4 Å². The summed E-state index contributed by atoms with van der Waals surface area (Å²) >= 11 is 0. The van der Waals surface area contributed by atoms with Crippen molar-refractivity contribution in [3.05, 3.63) is 56.6 Å². The minimum atomic E-state index is -0.962. The number of non-ortho nitro benzene ring substituents is 1. The van der Waals surface area contributed by atoms with E-state index in [9.17, 15) is 30.1 Å². The molecule has 1 aliphatic carbocycles. The molecule has 0 radical (unpaired) electrons. The lowest BCUT2D eigenvalue weighted by Crippen LogP contribution is -2.53. The van der Waals surface area contributed by atoms with Crippen LogP contribution < -0.4 is 11.1 Å². The number of aromatic nitrogens is 2. The molecule has 13 heteroatoms. The molecule has 1 aliphatic heterocycles. The van der Waals surface area contributed by atoms with E-state index in [2.05, 4.69) is 10.3 Å². The zero-order valence-corrected chi connectivity index (χ0v) is 21.1. The highest BCUT2D eigenvalue weighted by molar-refractivity contribution is 5.82. The molecule has 1 amide bonds. The largest absolute Gasteiger partial charge is 0.388 e. The number of carbonyl (C=O) groups excluding carboxylic acids is 1. The molecule has 1 aromatic carbocycles. The first-order valence-corrected chi connectivity index (χ1v) is 13.0. The Balaban J connectivity index is 1.43. The van der Waals surface area contributed by atoms with Gasteiger partial charge >= 0.3 is 0 Å². The van der Waals surface area contributed by atoms with Crippen LogP contribution in [0.5, 0.6) is 0 Å². The molecule has 0 bridgehead atoms. The number of rotatable bonds is 11. The number of ether oxygens (including phenoxy) is 1. The molecule has 2 fully saturated rings. The number of nitro benzene ring substituents is 2. The first-order chi connectivity index (χ1) is 18.2. The van der Waals surface area contributed by atoms with Crippen molar-refractivity contribution >= 4 is 17.3 Å². The SMILES string of the molecule is N[C@@H](Cc1cn(-c2ccc([N+](=O)[O-])cc2[N+](=O)[O-])cn1)C(=O)N[C@@H](CC1CCCCC1)[C@@H](O)[C@@H]1CCCO1. The van der Waals surface area contributed by atoms with Crippen molar-refractivity contribution < 1.29 is 24.5 Å². The minimum Gasteiger partial charge on any atom is -0.388 e. The minimum absolute atomic E-state index is 0.0613. The Morgan fingerprint density at radius 3 is 2.61 bits per heavy atom. The second-order valence-electron chi connectivity index (χ2n) is 10.2. The Labute approximate surface area is 219 Å². The topological polar surface area (TPSA) is 189 Å². The number of aliphatic hydroxyl groups is 1. The maximum absolute atomic E-state index is 13.1. The van der Waals surface area contributed by atoms with Crippen LogP contribution in [0.15, 0.2) is 30.7 Å². The zero-order chi connectivity index (χ0) is 27.2. The summed E-state index contributed by atoms with van der Waals surface area (Å²) in [6.07, 6.45) is 9.71. The van der Waals surface area contributed by atoms with E-state index in [-0.39, 0.29) is 18.2 Å². The van der Waals surface area contributed by atoms with E-state index in [1.165, 1.54) is 35.6 Å². The van der Waals surface area contributed by atoms with Crippen LogP contribution >= 0.6 is 0 Å². The monoisotopic (exact) mass is 530 g/mol. The Kier molecular flexibility index (Phi) is 9.02. The van der Waals surface area contributed by atoms with Crippen LogP contribution in [0, 0.1) is 26.1 Å². The van der Waals surface area contributed by atoms with Gasteiger partial charge < -0.3 is 20.9 Å². The summed E-state index contributed by atoms with van der Waals surface area (Å²) in [5.74, 6) is 0.00763. The number of hydrogen-bond donors (Lipinski definition) is 3. The van der Waals surface area contributed by atoms with E-state index in [0.717, 1.165) is 44.6 Å². The van der Waals surface area contributed by atoms with Gasteiger partial charge in [0.25, 0.3) is 11.4 Å². The van der Waals surface area contributed by atoms with Crippen molar-refractivity contribution in [2.24, 2.45) is 11.7 Å². The standard InChI is InChI=1S/C25H34N6O7/c26-19(12-17-14-29(15-27-17)21-9-8-18(30(34)35)13-22(21)31(36)37)25(33)28-20(11-16-5-2-1-3-6-16)24(32)23-7-4-10-38-23/h8-9,13-16,19-20,23-24,32H,1-7,10-12,26H2,(H,28,33)/t19-,20-,23-,24+/m0/s1. The lowest BCUT2D eigenvalue weighted by Gasteiger charge is -2.33. The molecule has 4 N–H and O–H groups in total. The summed E-state index contributed by atoms with van der Waals surface area (Å²) < 4.78 is 7.05. The van der Waals surface area contributed by atoms with Gasteiger partial charge in [0.15, 0.2) is 0 Å². The van der Waals surface area contributed by atoms with Crippen LogP contribution in [0.2, 0.25) is 0 Å². The van der Waals surface area contributed by atoms with Gasteiger partial charge in [0, 0.05) is 25.3 Å². The lowest BCUT2D eigenvalue weighted by molar-refractivity contribution is -0.394. The van der Waals surface area contributed by atoms with Crippen LogP contribution in [0.3, 0.4) is 0 Å². The van der Waals surface area contributed by atoms with Crippen LogP contribution in [-0.4, -0.2) is 61.3 Å². The smallest absolute Gasteiger partial charge is 0.300 e. The van der Waals surface area contributed by atoms with Gasteiger partial charge in [-0.05, 0) is 31.2 Å². The third-order valence-corrected chi connectivity index (χ3v) is 7.44. The number of carbonyl (C=O) groups is 1. The molecule has 4 atom stereocenters. The van der Waals surface area contributed by atoms with E-state index in [4.69, 9.17) is 10.5 Å². The lowest BCUT2D eigenvalue weighted by atomic mass is 9.82. The van der Waals surface area contributed by atoms with Crippen molar-refractivity contribution in [3.63, 3.8) is 0 Å². The molecule has 2 aliphatic rings. The highest BCUT2D eigenvalue weighted by Gasteiger charge is 2.34. The molecule has 0 unspecified atom stereocenters. The van der Waals surface area contributed by atoms with Gasteiger partial charge in [-0.3, -0.25) is 29.6 Å². The van der Waals surface area contributed by atoms with Crippen LogP contribution in [-0.2, 0) is 16.0 Å². The van der Waals surface area contributed by atoms with Crippen LogP contribution in [0.1, 0.15) is 57.1 Å². The highest BCUT2D eigenvalue weighted by Crippen LogP contribution is 2.30. The Bertz CT molecular complexity index is 1140. The van der Waals surface area contributed by atoms with E-state index >= 15 is 0 Å². The van der Waals surface area contributed by atoms with Gasteiger partial charge in [-0.1, -0.05) is 32.1 Å². The van der Waals surface area contributed by atoms with E-state index in [0.29, 0.717) is 24.6 Å². The average molecular weight is 531 g/mol. The second kappa shape index (κ2) is 12.4. The number of nitro groups is 2. The number of nitrogens with two attached hydrogens (primary N) is 1. The number of amides is 1. The number of imidazole rings is 1. The number of nitrogens with zero attached hydrogens (tertiary/aromatic N) is 4. The van der Waals surface area contributed by atoms with Crippen molar-refractivity contribution in [2.45, 2.75) is 82.1 Å². The van der Waals surface area contributed by atoms with Gasteiger partial charge in [-0.2, -0.15) is 0 Å². The Hall–Kier alpha value is -3.42. The number of nitrogens with one attached hydrogen (secondary N) is 1. The average Bonchev–Trinajstić information content (AvgIpc) is 3.61. The van der Waals surface area contributed by atoms with Crippen molar-refractivity contribution in [1.82, 2.24) is 14.9 Å². The summed E-state index contributed by atoms with van der Waals surface area (Å²) in [5, 5.41) is 36.5.